The maximum atomic E-state index is 11.9. The number of carbonyl (C=O) groups is 2. The highest BCUT2D eigenvalue weighted by atomic mass is 16.4. The van der Waals surface area contributed by atoms with Gasteiger partial charge in [-0.25, -0.2) is 0 Å². The molecule has 0 spiro atoms. The average molecular weight is 213 g/mol. The highest BCUT2D eigenvalue weighted by Crippen LogP contribution is 2.37. The van der Waals surface area contributed by atoms with Crippen LogP contribution in [0.5, 0.6) is 0 Å². The second kappa shape index (κ2) is 4.64. The third kappa shape index (κ3) is 2.49. The summed E-state index contributed by atoms with van der Waals surface area (Å²) in [6.45, 7) is 4.54. The fraction of sp³-hybridized carbons (Fsp3) is 0.818. The van der Waals surface area contributed by atoms with E-state index in [1.165, 1.54) is 0 Å². The predicted octanol–water partition coefficient (Wildman–Crippen LogP) is 1.21. The van der Waals surface area contributed by atoms with Gasteiger partial charge in [-0.3, -0.25) is 9.59 Å². The summed E-state index contributed by atoms with van der Waals surface area (Å²) in [4.78, 5) is 24.5. The van der Waals surface area contributed by atoms with E-state index in [0.717, 1.165) is 0 Å². The van der Waals surface area contributed by atoms with Crippen molar-refractivity contribution in [1.29, 1.82) is 0 Å². The van der Waals surface area contributed by atoms with Crippen molar-refractivity contribution in [3.8, 4) is 0 Å². The van der Waals surface area contributed by atoms with Gasteiger partial charge in [-0.05, 0) is 25.7 Å². The molecule has 1 aliphatic rings. The standard InChI is InChI=1S/C11H19NO3/c1-4-12(3)10(13)8-5-7(2)6-9(8)11(14)15/h7-9H,4-6H2,1-3H3,(H,14,15). The zero-order valence-electron chi connectivity index (χ0n) is 9.56. The number of carbonyl (C=O) groups excluding carboxylic acids is 1. The normalized spacial score (nSPS) is 30.2. The lowest BCUT2D eigenvalue weighted by atomic mass is 9.95. The lowest BCUT2D eigenvalue weighted by Crippen LogP contribution is -2.36. The lowest BCUT2D eigenvalue weighted by Gasteiger charge is -2.21. The van der Waals surface area contributed by atoms with Gasteiger partial charge in [-0.2, -0.15) is 0 Å². The maximum absolute atomic E-state index is 11.9. The summed E-state index contributed by atoms with van der Waals surface area (Å²) >= 11 is 0. The third-order valence-electron chi connectivity index (χ3n) is 3.28. The van der Waals surface area contributed by atoms with E-state index in [1.807, 2.05) is 13.8 Å². The molecule has 0 heterocycles. The molecule has 0 aliphatic heterocycles. The van der Waals surface area contributed by atoms with Gasteiger partial charge in [-0.1, -0.05) is 6.92 Å². The van der Waals surface area contributed by atoms with Crippen LogP contribution < -0.4 is 0 Å². The number of carboxylic acid groups (broad SMARTS) is 1. The molecule has 15 heavy (non-hydrogen) atoms. The monoisotopic (exact) mass is 213 g/mol. The Morgan fingerprint density at radius 1 is 1.33 bits per heavy atom. The Labute approximate surface area is 90.3 Å². The summed E-state index contributed by atoms with van der Waals surface area (Å²) in [6, 6.07) is 0. The summed E-state index contributed by atoms with van der Waals surface area (Å²) in [7, 11) is 1.73. The first-order valence-corrected chi connectivity index (χ1v) is 5.45. The first kappa shape index (κ1) is 12.0. The number of aliphatic carboxylic acids is 1. The molecule has 86 valence electrons. The van der Waals surface area contributed by atoms with Crippen molar-refractivity contribution in [3.05, 3.63) is 0 Å². The molecule has 0 radical (unpaired) electrons. The average Bonchev–Trinajstić information content (AvgIpc) is 2.58. The van der Waals surface area contributed by atoms with Gasteiger partial charge in [0.2, 0.25) is 5.91 Å². The van der Waals surface area contributed by atoms with Gasteiger partial charge in [0, 0.05) is 13.6 Å². The van der Waals surface area contributed by atoms with E-state index in [9.17, 15) is 9.59 Å². The molecule has 1 saturated carbocycles. The molecule has 0 saturated heterocycles. The minimum Gasteiger partial charge on any atom is -0.481 e. The van der Waals surface area contributed by atoms with Crippen LogP contribution in [-0.4, -0.2) is 35.5 Å². The minimum absolute atomic E-state index is 0.0192. The molecule has 0 bridgehead atoms. The third-order valence-corrected chi connectivity index (χ3v) is 3.28. The zero-order valence-corrected chi connectivity index (χ0v) is 9.56. The Bertz CT molecular complexity index is 265. The topological polar surface area (TPSA) is 57.6 Å². The second-order valence-electron chi connectivity index (χ2n) is 4.48. The number of rotatable bonds is 3. The van der Waals surface area contributed by atoms with Crippen molar-refractivity contribution >= 4 is 11.9 Å². The SMILES string of the molecule is CCN(C)C(=O)C1CC(C)CC1C(=O)O. The van der Waals surface area contributed by atoms with E-state index in [1.54, 1.807) is 11.9 Å². The lowest BCUT2D eigenvalue weighted by molar-refractivity contribution is -0.148. The minimum atomic E-state index is -0.831. The molecule has 4 nitrogen and oxygen atoms in total. The van der Waals surface area contributed by atoms with Crippen LogP contribution in [0.3, 0.4) is 0 Å². The Kier molecular flexibility index (Phi) is 3.72. The quantitative estimate of drug-likeness (QED) is 0.766. The second-order valence-corrected chi connectivity index (χ2v) is 4.48. The molecule has 1 aliphatic carbocycles. The van der Waals surface area contributed by atoms with Crippen LogP contribution in [0.1, 0.15) is 26.7 Å². The zero-order chi connectivity index (χ0) is 11.6. The van der Waals surface area contributed by atoms with E-state index < -0.39 is 11.9 Å². The fourth-order valence-electron chi connectivity index (χ4n) is 2.28. The van der Waals surface area contributed by atoms with Gasteiger partial charge in [0.15, 0.2) is 0 Å². The molecular formula is C11H19NO3. The smallest absolute Gasteiger partial charge is 0.307 e. The molecular weight excluding hydrogens is 194 g/mol. The van der Waals surface area contributed by atoms with Crippen LogP contribution in [0, 0.1) is 17.8 Å². The molecule has 1 N–H and O–H groups in total. The first-order chi connectivity index (χ1) is 6.97. The van der Waals surface area contributed by atoms with Gasteiger partial charge in [0.1, 0.15) is 0 Å². The van der Waals surface area contributed by atoms with E-state index in [2.05, 4.69) is 0 Å². The van der Waals surface area contributed by atoms with E-state index >= 15 is 0 Å². The Morgan fingerprint density at radius 3 is 2.33 bits per heavy atom. The molecule has 4 heteroatoms. The van der Waals surface area contributed by atoms with Crippen LogP contribution in [-0.2, 0) is 9.59 Å². The molecule has 3 atom stereocenters. The van der Waals surface area contributed by atoms with Gasteiger partial charge >= 0.3 is 5.97 Å². The van der Waals surface area contributed by atoms with Gasteiger partial charge in [0.25, 0.3) is 0 Å². The highest BCUT2D eigenvalue weighted by molar-refractivity contribution is 5.85. The molecule has 0 aromatic carbocycles. The molecule has 1 amide bonds. The molecule has 1 rings (SSSR count). The van der Waals surface area contributed by atoms with Crippen LogP contribution in [0.2, 0.25) is 0 Å². The summed E-state index contributed by atoms with van der Waals surface area (Å²) in [5, 5.41) is 9.03. The van der Waals surface area contributed by atoms with Crippen LogP contribution in [0.25, 0.3) is 0 Å². The molecule has 3 unspecified atom stereocenters. The highest BCUT2D eigenvalue weighted by Gasteiger charge is 2.41. The summed E-state index contributed by atoms with van der Waals surface area (Å²) in [5.74, 6) is -1.31. The number of carboxylic acids is 1. The van der Waals surface area contributed by atoms with Gasteiger partial charge in [-0.15, -0.1) is 0 Å². The number of hydrogen-bond acceptors (Lipinski definition) is 2. The largest absolute Gasteiger partial charge is 0.481 e. The number of hydrogen-bond donors (Lipinski definition) is 1. The summed E-state index contributed by atoms with van der Waals surface area (Å²) < 4.78 is 0. The molecule has 0 aromatic heterocycles. The van der Waals surface area contributed by atoms with Crippen LogP contribution >= 0.6 is 0 Å². The van der Waals surface area contributed by atoms with Crippen molar-refractivity contribution in [1.82, 2.24) is 4.90 Å². The summed E-state index contributed by atoms with van der Waals surface area (Å²) in [6.07, 6.45) is 1.34. The van der Waals surface area contributed by atoms with Gasteiger partial charge < -0.3 is 10.0 Å². The Balaban J connectivity index is 2.75. The Hall–Kier alpha value is -1.06. The van der Waals surface area contributed by atoms with Crippen molar-refractivity contribution in [2.75, 3.05) is 13.6 Å². The van der Waals surface area contributed by atoms with Gasteiger partial charge in [0.05, 0.1) is 11.8 Å². The van der Waals surface area contributed by atoms with E-state index in [-0.39, 0.29) is 11.8 Å². The summed E-state index contributed by atoms with van der Waals surface area (Å²) in [5.41, 5.74) is 0. The van der Waals surface area contributed by atoms with Crippen molar-refractivity contribution in [2.45, 2.75) is 26.7 Å². The maximum Gasteiger partial charge on any atom is 0.307 e. The van der Waals surface area contributed by atoms with E-state index in [4.69, 9.17) is 5.11 Å². The van der Waals surface area contributed by atoms with Crippen LogP contribution in [0.4, 0.5) is 0 Å². The number of amides is 1. The number of nitrogens with zero attached hydrogens (tertiary/aromatic N) is 1. The van der Waals surface area contributed by atoms with Crippen molar-refractivity contribution in [2.24, 2.45) is 17.8 Å². The molecule has 1 fully saturated rings. The van der Waals surface area contributed by atoms with Crippen LogP contribution in [0.15, 0.2) is 0 Å². The van der Waals surface area contributed by atoms with Crippen molar-refractivity contribution < 1.29 is 14.7 Å². The molecule has 0 aromatic rings. The van der Waals surface area contributed by atoms with Crippen molar-refractivity contribution in [3.63, 3.8) is 0 Å². The fourth-order valence-corrected chi connectivity index (χ4v) is 2.28. The first-order valence-electron chi connectivity index (χ1n) is 5.45. The Morgan fingerprint density at radius 2 is 1.87 bits per heavy atom. The van der Waals surface area contributed by atoms with E-state index in [0.29, 0.717) is 25.3 Å². The predicted molar refractivity (Wildman–Crippen MR) is 56.3 cm³/mol.